The van der Waals surface area contributed by atoms with Crippen LogP contribution in [0.25, 0.3) is 0 Å². The molecule has 1 aliphatic heterocycles. The highest BCUT2D eigenvalue weighted by Gasteiger charge is 2.35. The van der Waals surface area contributed by atoms with Gasteiger partial charge in [0, 0.05) is 0 Å². The van der Waals surface area contributed by atoms with Crippen molar-refractivity contribution < 1.29 is 26.7 Å². The molecular formula is C16H17N3O6S2. The van der Waals surface area contributed by atoms with Gasteiger partial charge in [-0.25, -0.2) is 22.6 Å². The molecule has 0 saturated carbocycles. The Morgan fingerprint density at radius 2 is 1.78 bits per heavy atom. The lowest BCUT2D eigenvalue weighted by Crippen LogP contribution is -2.29. The van der Waals surface area contributed by atoms with Crippen LogP contribution in [0.4, 0.5) is 5.69 Å². The van der Waals surface area contributed by atoms with Crippen LogP contribution in [0.3, 0.4) is 0 Å². The third kappa shape index (κ3) is 4.21. The highest BCUT2D eigenvalue weighted by Crippen LogP contribution is 2.31. The summed E-state index contributed by atoms with van der Waals surface area (Å²) in [6.45, 7) is -0.393. The van der Waals surface area contributed by atoms with E-state index in [0.717, 1.165) is 9.87 Å². The van der Waals surface area contributed by atoms with Crippen molar-refractivity contribution >= 4 is 31.8 Å². The van der Waals surface area contributed by atoms with Crippen molar-refractivity contribution in [2.75, 3.05) is 10.8 Å². The summed E-state index contributed by atoms with van der Waals surface area (Å²) >= 11 is 0. The van der Waals surface area contributed by atoms with Gasteiger partial charge in [0.25, 0.3) is 5.91 Å². The Balaban J connectivity index is 1.77. The zero-order chi connectivity index (χ0) is 19.8. The smallest absolute Gasteiger partial charge is 0.326 e. The highest BCUT2D eigenvalue weighted by molar-refractivity contribution is 7.92. The Morgan fingerprint density at radius 3 is 2.33 bits per heavy atom. The molecule has 1 saturated heterocycles. The zero-order valence-electron chi connectivity index (χ0n) is 14.0. The molecule has 3 rings (SSSR count). The number of hydrogen-bond acceptors (Lipinski definition) is 6. The number of carbonyl (C=O) groups excluding carboxylic acids is 1. The number of nitrogens with two attached hydrogens (primary N) is 1. The third-order valence-corrected chi connectivity index (χ3v) is 6.36. The van der Waals surface area contributed by atoms with Gasteiger partial charge in [-0.3, -0.25) is 4.79 Å². The third-order valence-electron chi connectivity index (χ3n) is 4.06. The molecule has 27 heavy (non-hydrogen) atoms. The summed E-state index contributed by atoms with van der Waals surface area (Å²) in [6.07, 6.45) is 0.968. The molecule has 144 valence electrons. The molecule has 1 aliphatic rings. The maximum Gasteiger partial charge on any atom is 0.326 e. The van der Waals surface area contributed by atoms with Crippen molar-refractivity contribution in [3.63, 3.8) is 0 Å². The molecule has 0 spiro atoms. The second-order valence-electron chi connectivity index (χ2n) is 6.05. The largest absolute Gasteiger partial charge is 0.506 e. The van der Waals surface area contributed by atoms with Gasteiger partial charge in [-0.2, -0.15) is 8.42 Å². The van der Waals surface area contributed by atoms with Crippen molar-refractivity contribution in [2.24, 2.45) is 5.14 Å². The van der Waals surface area contributed by atoms with Crippen molar-refractivity contribution in [1.82, 2.24) is 4.72 Å². The predicted octanol–water partition coefficient (Wildman–Crippen LogP) is 0.00580. The quantitative estimate of drug-likeness (QED) is 0.631. The van der Waals surface area contributed by atoms with E-state index in [-0.39, 0.29) is 16.3 Å². The van der Waals surface area contributed by atoms with Crippen LogP contribution in [0.2, 0.25) is 0 Å². The normalized spacial score (nSPS) is 16.3. The van der Waals surface area contributed by atoms with Crippen LogP contribution >= 0.6 is 0 Å². The maximum atomic E-state index is 11.9. The SMILES string of the molecule is NS(=O)(=O)c1cccc(CCc2ccc(N3CC(=O)NS3(=O)=O)c(O)c2)c1. The molecule has 0 atom stereocenters. The molecule has 0 aliphatic carbocycles. The first-order valence-electron chi connectivity index (χ1n) is 7.83. The second-order valence-corrected chi connectivity index (χ2v) is 9.21. The van der Waals surface area contributed by atoms with Crippen LogP contribution < -0.4 is 14.2 Å². The lowest BCUT2D eigenvalue weighted by Gasteiger charge is -2.16. The molecule has 1 fully saturated rings. The minimum atomic E-state index is -3.99. The van der Waals surface area contributed by atoms with Gasteiger partial charge in [-0.15, -0.1) is 0 Å². The molecule has 4 N–H and O–H groups in total. The number of aryl methyl sites for hydroxylation is 2. The number of anilines is 1. The van der Waals surface area contributed by atoms with Crippen molar-refractivity contribution in [3.05, 3.63) is 53.6 Å². The van der Waals surface area contributed by atoms with E-state index in [9.17, 15) is 26.7 Å². The summed E-state index contributed by atoms with van der Waals surface area (Å²) in [5.74, 6) is -0.945. The Hall–Kier alpha value is -2.63. The number of nitrogens with one attached hydrogen (secondary N) is 1. The molecule has 2 aromatic rings. The molecule has 0 bridgehead atoms. The predicted molar refractivity (Wildman–Crippen MR) is 97.7 cm³/mol. The van der Waals surface area contributed by atoms with E-state index >= 15 is 0 Å². The molecular weight excluding hydrogens is 394 g/mol. The number of phenolic OH excluding ortho intramolecular Hbond substituents is 1. The van der Waals surface area contributed by atoms with Crippen LogP contribution in [0.15, 0.2) is 47.4 Å². The van der Waals surface area contributed by atoms with Crippen molar-refractivity contribution in [2.45, 2.75) is 17.7 Å². The van der Waals surface area contributed by atoms with Crippen molar-refractivity contribution in [3.8, 4) is 5.75 Å². The number of benzene rings is 2. The molecule has 0 aromatic heterocycles. The number of rotatable bonds is 5. The fourth-order valence-electron chi connectivity index (χ4n) is 2.76. The Morgan fingerprint density at radius 1 is 1.11 bits per heavy atom. The Bertz CT molecular complexity index is 1110. The fraction of sp³-hybridized carbons (Fsp3) is 0.188. The number of aromatic hydroxyl groups is 1. The molecule has 1 amide bonds. The molecule has 0 radical (unpaired) electrons. The van der Waals surface area contributed by atoms with E-state index in [4.69, 9.17) is 5.14 Å². The topological polar surface area (TPSA) is 147 Å². The molecule has 1 heterocycles. The van der Waals surface area contributed by atoms with Crippen LogP contribution in [0.1, 0.15) is 11.1 Å². The monoisotopic (exact) mass is 411 g/mol. The van der Waals surface area contributed by atoms with Gasteiger partial charge in [0.15, 0.2) is 0 Å². The number of hydrogen-bond donors (Lipinski definition) is 3. The van der Waals surface area contributed by atoms with E-state index in [1.165, 1.54) is 24.3 Å². The Labute approximate surface area is 156 Å². The zero-order valence-corrected chi connectivity index (χ0v) is 15.6. The van der Waals surface area contributed by atoms with Gasteiger partial charge in [-0.1, -0.05) is 18.2 Å². The van der Waals surface area contributed by atoms with Crippen LogP contribution in [0.5, 0.6) is 5.75 Å². The van der Waals surface area contributed by atoms with Gasteiger partial charge in [-0.05, 0) is 48.2 Å². The lowest BCUT2D eigenvalue weighted by atomic mass is 10.0. The summed E-state index contributed by atoms with van der Waals surface area (Å²) in [4.78, 5) is 11.3. The Kier molecular flexibility index (Phi) is 4.84. The summed E-state index contributed by atoms with van der Waals surface area (Å²) in [5, 5.41) is 15.3. The summed E-state index contributed by atoms with van der Waals surface area (Å²) in [6, 6.07) is 10.7. The van der Waals surface area contributed by atoms with E-state index in [1.807, 2.05) is 4.72 Å². The first-order valence-corrected chi connectivity index (χ1v) is 10.8. The molecule has 9 nitrogen and oxygen atoms in total. The maximum absolute atomic E-state index is 11.9. The molecule has 2 aromatic carbocycles. The summed E-state index contributed by atoms with van der Waals surface area (Å²) < 4.78 is 49.2. The van der Waals surface area contributed by atoms with Crippen LogP contribution in [-0.2, 0) is 37.9 Å². The van der Waals surface area contributed by atoms with E-state index in [2.05, 4.69) is 0 Å². The molecule has 0 unspecified atom stereocenters. The minimum absolute atomic E-state index is 0.00771. The number of nitrogens with zero attached hydrogens (tertiary/aromatic N) is 1. The van der Waals surface area contributed by atoms with Crippen LogP contribution in [-0.4, -0.2) is 34.4 Å². The van der Waals surface area contributed by atoms with Gasteiger partial charge >= 0.3 is 10.2 Å². The first-order chi connectivity index (χ1) is 12.6. The number of sulfonamides is 1. The van der Waals surface area contributed by atoms with Gasteiger partial charge in [0.2, 0.25) is 10.0 Å². The van der Waals surface area contributed by atoms with Crippen molar-refractivity contribution in [1.29, 1.82) is 0 Å². The second kappa shape index (κ2) is 6.83. The highest BCUT2D eigenvalue weighted by atomic mass is 32.2. The van der Waals surface area contributed by atoms with E-state index < -0.39 is 32.7 Å². The summed E-state index contributed by atoms with van der Waals surface area (Å²) in [7, 11) is -7.78. The minimum Gasteiger partial charge on any atom is -0.506 e. The molecule has 11 heteroatoms. The van der Waals surface area contributed by atoms with Gasteiger partial charge in [0.1, 0.15) is 12.3 Å². The van der Waals surface area contributed by atoms with E-state index in [0.29, 0.717) is 18.4 Å². The fourth-order valence-corrected chi connectivity index (χ4v) is 4.51. The summed E-state index contributed by atoms with van der Waals surface area (Å²) in [5.41, 5.74) is 1.48. The first kappa shape index (κ1) is 19.1. The number of primary sulfonamides is 1. The number of phenols is 1. The average molecular weight is 411 g/mol. The number of carbonyl (C=O) groups is 1. The van der Waals surface area contributed by atoms with Crippen LogP contribution in [0, 0.1) is 0 Å². The number of amides is 1. The average Bonchev–Trinajstić information content (AvgIpc) is 2.85. The van der Waals surface area contributed by atoms with E-state index in [1.54, 1.807) is 18.2 Å². The van der Waals surface area contributed by atoms with Gasteiger partial charge in [0.05, 0.1) is 10.6 Å². The standard InChI is InChI=1S/C16H17N3O6S2/c17-26(22,23)13-3-1-2-11(8-13)4-5-12-6-7-14(15(20)9-12)19-10-16(21)18-27(19,24)25/h1-3,6-9,20H,4-5,10H2,(H,18,21)(H2,17,22,23). The lowest BCUT2D eigenvalue weighted by molar-refractivity contribution is -0.117. The van der Waals surface area contributed by atoms with Gasteiger partial charge < -0.3 is 5.11 Å².